The number of halogens is 2. The number of anilines is 1. The molecule has 1 aromatic carbocycles. The van der Waals surface area contributed by atoms with Crippen LogP contribution in [0.5, 0.6) is 0 Å². The van der Waals surface area contributed by atoms with Gasteiger partial charge < -0.3 is 10.4 Å². The molecule has 1 amide bonds. The highest BCUT2D eigenvalue weighted by Crippen LogP contribution is 2.31. The molecule has 0 saturated heterocycles. The molecule has 0 saturated carbocycles. The van der Waals surface area contributed by atoms with E-state index in [4.69, 9.17) is 5.11 Å². The molecule has 19 heavy (non-hydrogen) atoms. The predicted octanol–water partition coefficient (Wildman–Crippen LogP) is 4.20. The molecule has 4 nitrogen and oxygen atoms in total. The van der Waals surface area contributed by atoms with Crippen LogP contribution in [0.3, 0.4) is 0 Å². The van der Waals surface area contributed by atoms with Gasteiger partial charge in [0.1, 0.15) is 0 Å². The molecular weight excluding hydrogens is 378 g/mol. The summed E-state index contributed by atoms with van der Waals surface area (Å²) < 4.78 is 1.13. The van der Waals surface area contributed by atoms with Crippen LogP contribution in [0, 0.1) is 0 Å². The maximum absolute atomic E-state index is 11.9. The van der Waals surface area contributed by atoms with Crippen molar-refractivity contribution in [3.63, 3.8) is 0 Å². The van der Waals surface area contributed by atoms with E-state index in [1.165, 1.54) is 6.07 Å². The smallest absolute Gasteiger partial charge is 0.337 e. The summed E-state index contributed by atoms with van der Waals surface area (Å²) in [4.78, 5) is 23.1. The summed E-state index contributed by atoms with van der Waals surface area (Å²) in [6, 6.07) is 3.13. The number of carbonyl (C=O) groups excluding carboxylic acids is 1. The summed E-state index contributed by atoms with van der Waals surface area (Å²) in [6.45, 7) is 3.61. The molecule has 0 aliphatic rings. The van der Waals surface area contributed by atoms with Crippen molar-refractivity contribution in [3.05, 3.63) is 38.3 Å². The van der Waals surface area contributed by atoms with Crippen molar-refractivity contribution in [3.8, 4) is 0 Å². The Bertz CT molecular complexity index is 553. The summed E-state index contributed by atoms with van der Waals surface area (Å²) in [6.07, 6.45) is 2.52. The minimum Gasteiger partial charge on any atom is -0.478 e. The predicted molar refractivity (Wildman–Crippen MR) is 81.5 cm³/mol. The lowest BCUT2D eigenvalue weighted by molar-refractivity contribution is -0.112. The molecule has 2 N–H and O–H groups in total. The number of aromatic carboxylic acids is 1. The summed E-state index contributed by atoms with van der Waals surface area (Å²) in [5, 5.41) is 11.8. The Balaban J connectivity index is 3.17. The van der Waals surface area contributed by atoms with Crippen molar-refractivity contribution in [2.24, 2.45) is 0 Å². The van der Waals surface area contributed by atoms with Gasteiger partial charge in [-0.2, -0.15) is 0 Å². The van der Waals surface area contributed by atoms with Gasteiger partial charge >= 0.3 is 5.97 Å². The zero-order valence-corrected chi connectivity index (χ0v) is 13.6. The second-order valence-electron chi connectivity index (χ2n) is 3.86. The Morgan fingerprint density at radius 2 is 2.00 bits per heavy atom. The lowest BCUT2D eigenvalue weighted by Gasteiger charge is -2.11. The van der Waals surface area contributed by atoms with Gasteiger partial charge in [-0.25, -0.2) is 4.79 Å². The van der Waals surface area contributed by atoms with Gasteiger partial charge in [0, 0.05) is 14.5 Å². The number of rotatable bonds is 4. The van der Waals surface area contributed by atoms with Crippen LogP contribution in [-0.2, 0) is 4.79 Å². The third-order valence-corrected chi connectivity index (χ3v) is 3.48. The summed E-state index contributed by atoms with van der Waals surface area (Å²) >= 11 is 6.47. The number of hydrogen-bond acceptors (Lipinski definition) is 2. The first-order valence-corrected chi connectivity index (χ1v) is 7.15. The average molecular weight is 391 g/mol. The second kappa shape index (κ2) is 6.86. The van der Waals surface area contributed by atoms with Crippen LogP contribution in [0.25, 0.3) is 0 Å². The molecule has 0 bridgehead atoms. The van der Waals surface area contributed by atoms with Crippen molar-refractivity contribution < 1.29 is 14.7 Å². The summed E-state index contributed by atoms with van der Waals surface area (Å²) in [5.74, 6) is -1.42. The van der Waals surface area contributed by atoms with E-state index in [9.17, 15) is 9.59 Å². The first kappa shape index (κ1) is 15.9. The molecule has 0 fully saturated rings. The lowest BCUT2D eigenvalue weighted by Crippen LogP contribution is -2.16. The minimum absolute atomic E-state index is 0.0268. The molecule has 102 valence electrons. The van der Waals surface area contributed by atoms with Crippen LogP contribution in [0.2, 0.25) is 0 Å². The van der Waals surface area contributed by atoms with Gasteiger partial charge in [0.2, 0.25) is 0 Å². The second-order valence-corrected chi connectivity index (χ2v) is 5.63. The zero-order valence-electron chi connectivity index (χ0n) is 10.5. The number of benzene rings is 1. The molecule has 0 heterocycles. The Kier molecular flexibility index (Phi) is 5.75. The maximum atomic E-state index is 11.9. The molecule has 0 unspecified atom stereocenters. The highest BCUT2D eigenvalue weighted by atomic mass is 79.9. The molecule has 0 aliphatic heterocycles. The Hall–Kier alpha value is -1.14. The molecule has 0 spiro atoms. The quantitative estimate of drug-likeness (QED) is 0.757. The standard InChI is InChI=1S/C13H13Br2NO3/c1-3-4-7(2)12(17)16-11-9(13(18)19)5-8(14)6-10(11)15/h4-6H,3H2,1-2H3,(H,16,17)(H,18,19). The van der Waals surface area contributed by atoms with E-state index in [1.807, 2.05) is 6.92 Å². The number of hydrogen-bond donors (Lipinski definition) is 2. The molecule has 6 heteroatoms. The fraction of sp³-hybridized carbons (Fsp3) is 0.231. The molecule has 1 aromatic rings. The van der Waals surface area contributed by atoms with Gasteiger partial charge in [-0.05, 0) is 41.4 Å². The first-order chi connectivity index (χ1) is 8.86. The zero-order chi connectivity index (χ0) is 14.6. The minimum atomic E-state index is -1.10. The van der Waals surface area contributed by atoms with Gasteiger partial charge in [-0.3, -0.25) is 4.79 Å². The first-order valence-electron chi connectivity index (χ1n) is 5.57. The van der Waals surface area contributed by atoms with Gasteiger partial charge in [0.15, 0.2) is 0 Å². The molecule has 0 atom stereocenters. The molecule has 0 aromatic heterocycles. The van der Waals surface area contributed by atoms with Crippen molar-refractivity contribution >= 4 is 49.4 Å². The van der Waals surface area contributed by atoms with E-state index in [0.717, 1.165) is 6.42 Å². The Labute approximate surface area is 128 Å². The number of nitrogens with one attached hydrogen (secondary N) is 1. The lowest BCUT2D eigenvalue weighted by atomic mass is 10.1. The largest absolute Gasteiger partial charge is 0.478 e. The van der Waals surface area contributed by atoms with Crippen molar-refractivity contribution in [1.82, 2.24) is 0 Å². The Morgan fingerprint density at radius 1 is 1.37 bits per heavy atom. The topological polar surface area (TPSA) is 66.4 Å². The number of carboxylic acids is 1. The number of amides is 1. The van der Waals surface area contributed by atoms with E-state index in [2.05, 4.69) is 37.2 Å². The van der Waals surface area contributed by atoms with Gasteiger partial charge in [0.25, 0.3) is 5.91 Å². The van der Waals surface area contributed by atoms with Crippen LogP contribution in [0.15, 0.2) is 32.7 Å². The van der Waals surface area contributed by atoms with Crippen LogP contribution in [0.1, 0.15) is 30.6 Å². The number of carbonyl (C=O) groups is 2. The molecule has 0 radical (unpaired) electrons. The van der Waals surface area contributed by atoms with Crippen LogP contribution in [0.4, 0.5) is 5.69 Å². The molecular formula is C13H13Br2NO3. The van der Waals surface area contributed by atoms with Gasteiger partial charge in [-0.15, -0.1) is 0 Å². The Morgan fingerprint density at radius 3 is 2.53 bits per heavy atom. The monoisotopic (exact) mass is 389 g/mol. The maximum Gasteiger partial charge on any atom is 0.337 e. The normalized spacial score (nSPS) is 11.3. The van der Waals surface area contributed by atoms with Crippen LogP contribution in [-0.4, -0.2) is 17.0 Å². The summed E-state index contributed by atoms with van der Waals surface area (Å²) in [7, 11) is 0. The molecule has 0 aliphatic carbocycles. The highest BCUT2D eigenvalue weighted by Gasteiger charge is 2.17. The third kappa shape index (κ3) is 4.18. The van der Waals surface area contributed by atoms with Crippen molar-refractivity contribution in [1.29, 1.82) is 0 Å². The van der Waals surface area contributed by atoms with Gasteiger partial charge in [-0.1, -0.05) is 28.9 Å². The SMILES string of the molecule is CCC=C(C)C(=O)Nc1c(Br)cc(Br)cc1C(=O)O. The third-order valence-electron chi connectivity index (χ3n) is 2.39. The van der Waals surface area contributed by atoms with Crippen molar-refractivity contribution in [2.45, 2.75) is 20.3 Å². The summed E-state index contributed by atoms with van der Waals surface area (Å²) in [5.41, 5.74) is 0.831. The van der Waals surface area contributed by atoms with E-state index >= 15 is 0 Å². The highest BCUT2D eigenvalue weighted by molar-refractivity contribution is 9.11. The van der Waals surface area contributed by atoms with E-state index in [-0.39, 0.29) is 17.2 Å². The van der Waals surface area contributed by atoms with Crippen molar-refractivity contribution in [2.75, 3.05) is 5.32 Å². The average Bonchev–Trinajstić information content (AvgIpc) is 2.32. The van der Waals surface area contributed by atoms with E-state index < -0.39 is 5.97 Å². The van der Waals surface area contributed by atoms with E-state index in [1.54, 1.807) is 19.1 Å². The fourth-order valence-corrected chi connectivity index (χ4v) is 2.80. The fourth-order valence-electron chi connectivity index (χ4n) is 1.48. The van der Waals surface area contributed by atoms with Crippen LogP contribution >= 0.6 is 31.9 Å². The van der Waals surface area contributed by atoms with E-state index in [0.29, 0.717) is 14.5 Å². The van der Waals surface area contributed by atoms with Gasteiger partial charge in [0.05, 0.1) is 11.3 Å². The number of carboxylic acid groups (broad SMARTS) is 1. The van der Waals surface area contributed by atoms with Crippen LogP contribution < -0.4 is 5.32 Å². The number of allylic oxidation sites excluding steroid dienone is 1. The molecule has 1 rings (SSSR count).